The van der Waals surface area contributed by atoms with E-state index in [0.29, 0.717) is 42.8 Å². The van der Waals surface area contributed by atoms with E-state index in [-0.39, 0.29) is 12.1 Å². The summed E-state index contributed by atoms with van der Waals surface area (Å²) in [5.74, 6) is -4.17. The van der Waals surface area contributed by atoms with Gasteiger partial charge in [0.15, 0.2) is 0 Å². The van der Waals surface area contributed by atoms with Crippen molar-refractivity contribution in [2.75, 3.05) is 31.2 Å². The van der Waals surface area contributed by atoms with Crippen molar-refractivity contribution in [2.24, 2.45) is 12.8 Å². The minimum atomic E-state index is -5.32. The summed E-state index contributed by atoms with van der Waals surface area (Å²) in [5.41, 5.74) is 6.49. The number of halogens is 3. The molecule has 0 bridgehead atoms. The third-order valence-electron chi connectivity index (χ3n) is 6.01. The number of hydrogen-bond donors (Lipinski definition) is 1. The summed E-state index contributed by atoms with van der Waals surface area (Å²) in [6.07, 6.45) is -5.56. The van der Waals surface area contributed by atoms with Crippen LogP contribution in [0.3, 0.4) is 0 Å². The molecule has 1 aliphatic heterocycles. The van der Waals surface area contributed by atoms with E-state index in [1.807, 2.05) is 6.07 Å². The molecule has 0 saturated carbocycles. The zero-order valence-corrected chi connectivity index (χ0v) is 19.7. The third-order valence-corrected chi connectivity index (χ3v) is 6.01. The molecule has 4 rings (SSSR count). The van der Waals surface area contributed by atoms with E-state index < -0.39 is 35.4 Å². The molecule has 2 aromatic carbocycles. The molecule has 196 valence electrons. The summed E-state index contributed by atoms with van der Waals surface area (Å²) < 4.78 is 48.3. The number of benzene rings is 2. The lowest BCUT2D eigenvalue weighted by atomic mass is 10.1. The van der Waals surface area contributed by atoms with Crippen molar-refractivity contribution in [1.29, 1.82) is 0 Å². The second-order valence-corrected chi connectivity index (χ2v) is 8.47. The Kier molecular flexibility index (Phi) is 7.18. The smallest absolute Gasteiger partial charge is 0.385 e. The molecule has 0 spiro atoms. The van der Waals surface area contributed by atoms with Crippen LogP contribution in [0.4, 0.5) is 18.9 Å². The van der Waals surface area contributed by atoms with E-state index in [2.05, 4.69) is 9.64 Å². The maximum Gasteiger partial charge on any atom is 0.491 e. The van der Waals surface area contributed by atoms with Crippen LogP contribution < -0.4 is 21.9 Å². The minimum absolute atomic E-state index is 0.237. The van der Waals surface area contributed by atoms with Gasteiger partial charge >= 0.3 is 23.8 Å². The number of esters is 2. The third kappa shape index (κ3) is 5.42. The summed E-state index contributed by atoms with van der Waals surface area (Å²) in [7, 11) is 1.56. The average Bonchev–Trinajstić information content (AvgIpc) is 2.88. The number of nitrogens with zero attached hydrogens (tertiary/aromatic N) is 3. The van der Waals surface area contributed by atoms with Gasteiger partial charge in [0.05, 0.1) is 29.8 Å². The highest BCUT2D eigenvalue weighted by Gasteiger charge is 2.43. The van der Waals surface area contributed by atoms with Crippen molar-refractivity contribution in [3.05, 3.63) is 68.9 Å². The normalized spacial score (nSPS) is 15.0. The zero-order chi connectivity index (χ0) is 26.9. The van der Waals surface area contributed by atoms with Crippen LogP contribution in [0.2, 0.25) is 0 Å². The van der Waals surface area contributed by atoms with Crippen molar-refractivity contribution in [2.45, 2.75) is 18.6 Å². The Morgan fingerprint density at radius 3 is 2.30 bits per heavy atom. The minimum Gasteiger partial charge on any atom is -0.385 e. The second-order valence-electron chi connectivity index (χ2n) is 8.47. The van der Waals surface area contributed by atoms with Gasteiger partial charge in [0.25, 0.3) is 5.56 Å². The number of alkyl halides is 3. The van der Waals surface area contributed by atoms with E-state index >= 15 is 0 Å². The van der Waals surface area contributed by atoms with Crippen molar-refractivity contribution < 1.29 is 32.2 Å². The van der Waals surface area contributed by atoms with Crippen molar-refractivity contribution in [3.63, 3.8) is 0 Å². The number of fused-ring (bicyclic) bond motifs is 1. The van der Waals surface area contributed by atoms with Gasteiger partial charge in [-0.25, -0.2) is 19.0 Å². The standard InChI is InChI=1S/C24H23F3N4O6/c1-29-19-13-16(30-8-10-36-11-9-30)6-7-17(19)20(32)31(23(29)35)15-4-2-14(3-5-15)12-18(28)21(33)37-22(34)24(25,26)27/h2-7,13,18H,8-12,28H2,1H3/t18-/m0/s1. The number of rotatable bonds is 5. The fourth-order valence-corrected chi connectivity index (χ4v) is 4.03. The first kappa shape index (κ1) is 26.1. The van der Waals surface area contributed by atoms with Gasteiger partial charge in [-0.2, -0.15) is 13.2 Å². The maximum atomic E-state index is 13.2. The van der Waals surface area contributed by atoms with Crippen molar-refractivity contribution in [3.8, 4) is 5.69 Å². The molecule has 10 nitrogen and oxygen atoms in total. The largest absolute Gasteiger partial charge is 0.491 e. The molecule has 2 N–H and O–H groups in total. The topological polar surface area (TPSA) is 126 Å². The number of aryl methyl sites for hydroxylation is 1. The fraction of sp³-hybridized carbons (Fsp3) is 0.333. The lowest BCUT2D eigenvalue weighted by molar-refractivity contribution is -0.202. The first-order chi connectivity index (χ1) is 17.5. The Labute approximate surface area is 207 Å². The number of carbonyl (C=O) groups is 2. The van der Waals surface area contributed by atoms with Gasteiger partial charge in [-0.05, 0) is 42.3 Å². The molecular formula is C24H23F3N4O6. The van der Waals surface area contributed by atoms with Crippen LogP contribution in [0, 0.1) is 0 Å². The number of anilines is 1. The van der Waals surface area contributed by atoms with Gasteiger partial charge in [-0.15, -0.1) is 0 Å². The van der Waals surface area contributed by atoms with Crippen LogP contribution in [0.1, 0.15) is 5.56 Å². The highest BCUT2D eigenvalue weighted by molar-refractivity contribution is 5.91. The summed E-state index contributed by atoms with van der Waals surface area (Å²) in [4.78, 5) is 51.0. The molecule has 1 aromatic heterocycles. The van der Waals surface area contributed by atoms with Crippen LogP contribution in [0.5, 0.6) is 0 Å². The molecule has 13 heteroatoms. The van der Waals surface area contributed by atoms with E-state index in [9.17, 15) is 32.3 Å². The first-order valence-electron chi connectivity index (χ1n) is 11.2. The molecule has 0 radical (unpaired) electrons. The molecule has 0 unspecified atom stereocenters. The summed E-state index contributed by atoms with van der Waals surface area (Å²) in [6.45, 7) is 2.57. The summed E-state index contributed by atoms with van der Waals surface area (Å²) in [6, 6.07) is 9.57. The molecule has 1 saturated heterocycles. The molecule has 2 heterocycles. The van der Waals surface area contributed by atoms with Crippen LogP contribution in [0.25, 0.3) is 16.6 Å². The van der Waals surface area contributed by atoms with Crippen LogP contribution in [-0.4, -0.2) is 59.6 Å². The predicted molar refractivity (Wildman–Crippen MR) is 127 cm³/mol. The number of carbonyl (C=O) groups excluding carboxylic acids is 2. The Bertz CT molecular complexity index is 1460. The summed E-state index contributed by atoms with van der Waals surface area (Å²) in [5, 5.41) is 0.335. The van der Waals surface area contributed by atoms with E-state index in [1.54, 1.807) is 19.2 Å². The molecule has 3 aromatic rings. The monoisotopic (exact) mass is 520 g/mol. The number of morpholine rings is 1. The van der Waals surface area contributed by atoms with Crippen LogP contribution >= 0.6 is 0 Å². The van der Waals surface area contributed by atoms with Gasteiger partial charge in [-0.3, -0.25) is 9.36 Å². The highest BCUT2D eigenvalue weighted by atomic mass is 19.4. The van der Waals surface area contributed by atoms with Gasteiger partial charge in [0.2, 0.25) is 0 Å². The number of aromatic nitrogens is 2. The number of ether oxygens (including phenoxy) is 2. The quantitative estimate of drug-likeness (QED) is 0.391. The Morgan fingerprint density at radius 2 is 1.68 bits per heavy atom. The van der Waals surface area contributed by atoms with E-state index in [4.69, 9.17) is 10.5 Å². The van der Waals surface area contributed by atoms with Crippen LogP contribution in [-0.2, 0) is 32.5 Å². The lowest BCUT2D eigenvalue weighted by Gasteiger charge is -2.29. The van der Waals surface area contributed by atoms with Gasteiger partial charge in [0, 0.05) is 25.8 Å². The average molecular weight is 520 g/mol. The maximum absolute atomic E-state index is 13.2. The highest BCUT2D eigenvalue weighted by Crippen LogP contribution is 2.21. The molecule has 1 fully saturated rings. The Balaban J connectivity index is 1.58. The molecule has 0 amide bonds. The lowest BCUT2D eigenvalue weighted by Crippen LogP contribution is -2.39. The molecular weight excluding hydrogens is 497 g/mol. The SMILES string of the molecule is Cn1c(=O)n(-c2ccc(C[C@H](N)C(=O)OC(=O)C(F)(F)F)cc2)c(=O)c2ccc(N3CCOCC3)cc21. The van der Waals surface area contributed by atoms with Crippen LogP contribution in [0.15, 0.2) is 52.1 Å². The van der Waals surface area contributed by atoms with Gasteiger partial charge in [-0.1, -0.05) is 12.1 Å². The molecule has 37 heavy (non-hydrogen) atoms. The van der Waals surface area contributed by atoms with Gasteiger partial charge in [0.1, 0.15) is 6.04 Å². The second kappa shape index (κ2) is 10.2. The van der Waals surface area contributed by atoms with E-state index in [1.165, 1.54) is 28.8 Å². The fourth-order valence-electron chi connectivity index (χ4n) is 4.03. The number of hydrogen-bond acceptors (Lipinski definition) is 8. The van der Waals surface area contributed by atoms with E-state index in [0.717, 1.165) is 10.3 Å². The Hall–Kier alpha value is -3.97. The van der Waals surface area contributed by atoms with Crippen molar-refractivity contribution in [1.82, 2.24) is 9.13 Å². The van der Waals surface area contributed by atoms with Gasteiger partial charge < -0.3 is 20.1 Å². The summed E-state index contributed by atoms with van der Waals surface area (Å²) >= 11 is 0. The zero-order valence-electron chi connectivity index (χ0n) is 19.7. The molecule has 1 aliphatic rings. The predicted octanol–water partition coefficient (Wildman–Crippen LogP) is 1.03. The first-order valence-corrected chi connectivity index (χ1v) is 11.2. The molecule has 0 aliphatic carbocycles. The van der Waals surface area contributed by atoms with Crippen molar-refractivity contribution >= 4 is 28.5 Å². The Morgan fingerprint density at radius 1 is 1.05 bits per heavy atom. The number of nitrogens with two attached hydrogens (primary N) is 1. The molecule has 1 atom stereocenters.